The van der Waals surface area contributed by atoms with Crippen LogP contribution < -0.4 is 4.74 Å². The van der Waals surface area contributed by atoms with E-state index in [4.69, 9.17) is 16.3 Å². The Morgan fingerprint density at radius 3 is 2.79 bits per heavy atom. The normalized spacial score (nSPS) is 10.7. The van der Waals surface area contributed by atoms with Crippen LogP contribution in [-0.4, -0.2) is 27.6 Å². The van der Waals surface area contributed by atoms with E-state index in [1.54, 1.807) is 11.9 Å². The first-order valence-electron chi connectivity index (χ1n) is 9.22. The molecule has 0 spiro atoms. The number of ether oxygens (including phenoxy) is 1. The summed E-state index contributed by atoms with van der Waals surface area (Å²) < 4.78 is 7.69. The fourth-order valence-corrected chi connectivity index (χ4v) is 3.05. The number of halogens is 1. The van der Waals surface area contributed by atoms with Crippen LogP contribution in [0.25, 0.3) is 0 Å². The smallest absolute Gasteiger partial charge is 0.253 e. The quantitative estimate of drug-likeness (QED) is 0.579. The summed E-state index contributed by atoms with van der Waals surface area (Å²) in [6.07, 6.45) is 1.92. The van der Waals surface area contributed by atoms with Crippen molar-refractivity contribution >= 4 is 17.5 Å². The van der Waals surface area contributed by atoms with Crippen molar-refractivity contribution in [2.75, 3.05) is 7.05 Å². The first-order valence-corrected chi connectivity index (χ1v) is 9.59. The average Bonchev–Trinajstić information content (AvgIpc) is 3.15. The second-order valence-corrected chi connectivity index (χ2v) is 7.15. The molecule has 0 unspecified atom stereocenters. The molecule has 0 aliphatic carbocycles. The van der Waals surface area contributed by atoms with Crippen LogP contribution in [0.5, 0.6) is 5.75 Å². The number of carbonyl (C=O) groups excluding carboxylic acids is 1. The molecule has 0 fully saturated rings. The van der Waals surface area contributed by atoms with Crippen LogP contribution in [0.3, 0.4) is 0 Å². The van der Waals surface area contributed by atoms with Crippen LogP contribution in [-0.2, 0) is 19.7 Å². The molecular weight excluding hydrogens is 374 g/mol. The highest BCUT2D eigenvalue weighted by molar-refractivity contribution is 6.32. The number of amides is 1. The number of carbonyl (C=O) groups is 1. The van der Waals surface area contributed by atoms with Crippen molar-refractivity contribution in [1.82, 2.24) is 14.7 Å². The van der Waals surface area contributed by atoms with Gasteiger partial charge in [0.1, 0.15) is 12.4 Å². The summed E-state index contributed by atoms with van der Waals surface area (Å²) in [5, 5.41) is 5.00. The summed E-state index contributed by atoms with van der Waals surface area (Å²) in [7, 11) is 1.78. The Hall–Kier alpha value is -2.79. The summed E-state index contributed by atoms with van der Waals surface area (Å²) in [5.41, 5.74) is 3.47. The molecule has 1 amide bonds. The van der Waals surface area contributed by atoms with Crippen molar-refractivity contribution in [3.8, 4) is 5.75 Å². The van der Waals surface area contributed by atoms with E-state index in [1.807, 2.05) is 73.3 Å². The molecule has 0 radical (unpaired) electrons. The highest BCUT2D eigenvalue weighted by atomic mass is 35.5. The largest absolute Gasteiger partial charge is 0.487 e. The Bertz CT molecular complexity index is 968. The monoisotopic (exact) mass is 397 g/mol. The van der Waals surface area contributed by atoms with E-state index in [0.717, 1.165) is 23.4 Å². The van der Waals surface area contributed by atoms with E-state index in [1.165, 1.54) is 0 Å². The summed E-state index contributed by atoms with van der Waals surface area (Å²) >= 11 is 6.18. The van der Waals surface area contributed by atoms with Crippen LogP contribution in [0.4, 0.5) is 0 Å². The number of aromatic nitrogens is 2. The number of aryl methyl sites for hydroxylation is 2. The lowest BCUT2D eigenvalue weighted by Crippen LogP contribution is -2.26. The topological polar surface area (TPSA) is 47.4 Å². The predicted octanol–water partition coefficient (Wildman–Crippen LogP) is 4.72. The van der Waals surface area contributed by atoms with Crippen molar-refractivity contribution in [1.29, 1.82) is 0 Å². The third-order valence-electron chi connectivity index (χ3n) is 4.42. The van der Waals surface area contributed by atoms with Gasteiger partial charge in [-0.2, -0.15) is 5.10 Å². The van der Waals surface area contributed by atoms with Crippen LogP contribution in [0.2, 0.25) is 5.02 Å². The maximum atomic E-state index is 12.8. The zero-order chi connectivity index (χ0) is 20.1. The maximum Gasteiger partial charge on any atom is 0.253 e. The first kappa shape index (κ1) is 20.0. The number of benzene rings is 2. The van der Waals surface area contributed by atoms with Crippen molar-refractivity contribution in [3.05, 3.63) is 82.1 Å². The Labute approximate surface area is 170 Å². The molecule has 3 rings (SSSR count). The standard InChI is InChI=1S/C22H24ClN3O2/c1-4-26-11-10-19(24-26)14-25(3)22(27)18-7-5-6-17(13-18)15-28-21-12-16(2)8-9-20(21)23/h5-13H,4,14-15H2,1-3H3. The molecule has 0 saturated carbocycles. The Morgan fingerprint density at radius 2 is 2.04 bits per heavy atom. The van der Waals surface area contributed by atoms with E-state index in [9.17, 15) is 4.79 Å². The van der Waals surface area contributed by atoms with Crippen molar-refractivity contribution < 1.29 is 9.53 Å². The van der Waals surface area contributed by atoms with Crippen LogP contribution in [0.15, 0.2) is 54.7 Å². The van der Waals surface area contributed by atoms with Crippen LogP contribution in [0.1, 0.15) is 34.1 Å². The van der Waals surface area contributed by atoms with Gasteiger partial charge in [-0.15, -0.1) is 0 Å². The van der Waals surface area contributed by atoms with Crippen LogP contribution >= 0.6 is 11.6 Å². The summed E-state index contributed by atoms with van der Waals surface area (Å²) in [6, 6.07) is 15.1. The zero-order valence-electron chi connectivity index (χ0n) is 16.4. The van der Waals surface area contributed by atoms with Gasteiger partial charge in [-0.1, -0.05) is 29.8 Å². The second-order valence-electron chi connectivity index (χ2n) is 6.75. The lowest BCUT2D eigenvalue weighted by molar-refractivity contribution is 0.0783. The molecule has 6 heteroatoms. The molecule has 2 aromatic carbocycles. The van der Waals surface area contributed by atoms with Gasteiger partial charge in [0.2, 0.25) is 0 Å². The number of hydrogen-bond acceptors (Lipinski definition) is 3. The summed E-state index contributed by atoms with van der Waals surface area (Å²) in [4.78, 5) is 14.4. The number of nitrogens with zero attached hydrogens (tertiary/aromatic N) is 3. The summed E-state index contributed by atoms with van der Waals surface area (Å²) in [5.74, 6) is 0.587. The SMILES string of the molecule is CCn1ccc(CN(C)C(=O)c2cccc(COc3cc(C)ccc3Cl)c2)n1. The molecule has 0 bridgehead atoms. The van der Waals surface area contributed by atoms with Gasteiger partial charge in [0, 0.05) is 25.4 Å². The minimum Gasteiger partial charge on any atom is -0.487 e. The molecular formula is C22H24ClN3O2. The van der Waals surface area contributed by atoms with Gasteiger partial charge >= 0.3 is 0 Å². The van der Waals surface area contributed by atoms with Gasteiger partial charge in [0.25, 0.3) is 5.91 Å². The molecule has 0 aliphatic heterocycles. The molecule has 5 nitrogen and oxygen atoms in total. The third kappa shape index (κ3) is 4.93. The van der Waals surface area contributed by atoms with E-state index >= 15 is 0 Å². The van der Waals surface area contributed by atoms with Crippen molar-refractivity contribution in [3.63, 3.8) is 0 Å². The molecule has 0 saturated heterocycles. The zero-order valence-corrected chi connectivity index (χ0v) is 17.1. The minimum absolute atomic E-state index is 0.0542. The predicted molar refractivity (Wildman–Crippen MR) is 111 cm³/mol. The highest BCUT2D eigenvalue weighted by Gasteiger charge is 2.14. The van der Waals surface area contributed by atoms with E-state index in [-0.39, 0.29) is 5.91 Å². The van der Waals surface area contributed by atoms with Gasteiger partial charge in [-0.25, -0.2) is 0 Å². The average molecular weight is 398 g/mol. The lowest BCUT2D eigenvalue weighted by atomic mass is 10.1. The lowest BCUT2D eigenvalue weighted by Gasteiger charge is -2.16. The van der Waals surface area contributed by atoms with Crippen molar-refractivity contribution in [2.24, 2.45) is 0 Å². The molecule has 1 aromatic heterocycles. The Kier molecular flexibility index (Phi) is 6.37. The van der Waals surface area contributed by atoms with Gasteiger partial charge in [0.15, 0.2) is 0 Å². The fourth-order valence-electron chi connectivity index (χ4n) is 2.88. The fraction of sp³-hybridized carbons (Fsp3) is 0.273. The maximum absolute atomic E-state index is 12.8. The molecule has 1 heterocycles. The van der Waals surface area contributed by atoms with E-state index in [0.29, 0.717) is 29.5 Å². The molecule has 146 valence electrons. The molecule has 0 aliphatic rings. The first-order chi connectivity index (χ1) is 13.5. The minimum atomic E-state index is -0.0542. The Balaban J connectivity index is 1.66. The van der Waals surface area contributed by atoms with Gasteiger partial charge in [-0.05, 0) is 55.3 Å². The van der Waals surface area contributed by atoms with Gasteiger partial charge in [0.05, 0.1) is 17.3 Å². The second kappa shape index (κ2) is 8.93. The number of hydrogen-bond donors (Lipinski definition) is 0. The van der Waals surface area contributed by atoms with E-state index in [2.05, 4.69) is 5.10 Å². The Morgan fingerprint density at radius 1 is 1.21 bits per heavy atom. The van der Waals surface area contributed by atoms with E-state index < -0.39 is 0 Å². The van der Waals surface area contributed by atoms with Gasteiger partial charge < -0.3 is 9.64 Å². The third-order valence-corrected chi connectivity index (χ3v) is 4.73. The van der Waals surface area contributed by atoms with Gasteiger partial charge in [-0.3, -0.25) is 9.48 Å². The van der Waals surface area contributed by atoms with Crippen molar-refractivity contribution in [2.45, 2.75) is 33.5 Å². The van der Waals surface area contributed by atoms with Crippen LogP contribution in [0, 0.1) is 6.92 Å². The molecule has 0 N–H and O–H groups in total. The molecule has 3 aromatic rings. The highest BCUT2D eigenvalue weighted by Crippen LogP contribution is 2.26. The molecule has 28 heavy (non-hydrogen) atoms. The molecule has 0 atom stereocenters. The number of rotatable bonds is 7. The summed E-state index contributed by atoms with van der Waals surface area (Å²) in [6.45, 7) is 5.63.